The van der Waals surface area contributed by atoms with Crippen LogP contribution in [0.1, 0.15) is 30.8 Å². The van der Waals surface area contributed by atoms with Crippen LogP contribution in [0.3, 0.4) is 0 Å². The summed E-state index contributed by atoms with van der Waals surface area (Å²) in [6, 6.07) is 8.28. The quantitative estimate of drug-likeness (QED) is 0.718. The lowest BCUT2D eigenvalue weighted by Crippen LogP contribution is -2.25. The molecule has 0 aliphatic carbocycles. The average Bonchev–Trinajstić information content (AvgIpc) is 2.96. The zero-order chi connectivity index (χ0) is 16.4. The van der Waals surface area contributed by atoms with Crippen molar-refractivity contribution in [3.05, 3.63) is 42.0 Å². The predicted molar refractivity (Wildman–Crippen MR) is 88.8 cm³/mol. The van der Waals surface area contributed by atoms with Gasteiger partial charge in [0.1, 0.15) is 12.1 Å². The number of ether oxygens (including phenoxy) is 1. The Labute approximate surface area is 135 Å². The van der Waals surface area contributed by atoms with Gasteiger partial charge in [-0.1, -0.05) is 19.1 Å². The molecular formula is C17H20N4O2. The molecule has 0 amide bonds. The highest BCUT2D eigenvalue weighted by Crippen LogP contribution is 2.31. The molecular weight excluding hydrogens is 292 g/mol. The third kappa shape index (κ3) is 2.84. The molecule has 0 unspecified atom stereocenters. The summed E-state index contributed by atoms with van der Waals surface area (Å²) in [7, 11) is 3.69. The van der Waals surface area contributed by atoms with E-state index in [0.29, 0.717) is 17.1 Å². The normalized spacial score (nSPS) is 12.3. The van der Waals surface area contributed by atoms with Crippen molar-refractivity contribution in [3.63, 3.8) is 0 Å². The van der Waals surface area contributed by atoms with E-state index in [2.05, 4.69) is 38.9 Å². The van der Waals surface area contributed by atoms with Crippen LogP contribution in [0, 0.1) is 6.92 Å². The molecule has 0 saturated heterocycles. The van der Waals surface area contributed by atoms with E-state index in [1.807, 2.05) is 26.1 Å². The van der Waals surface area contributed by atoms with Gasteiger partial charge in [-0.05, 0) is 24.1 Å². The molecule has 2 heterocycles. The van der Waals surface area contributed by atoms with Gasteiger partial charge in [-0.2, -0.15) is 4.98 Å². The molecule has 0 aliphatic heterocycles. The lowest BCUT2D eigenvalue weighted by molar-refractivity contribution is 0.414. The van der Waals surface area contributed by atoms with E-state index in [1.165, 1.54) is 11.9 Å². The van der Waals surface area contributed by atoms with E-state index in [1.54, 1.807) is 7.11 Å². The second-order valence-corrected chi connectivity index (χ2v) is 5.39. The number of oxazole rings is 1. The molecule has 1 atom stereocenters. The van der Waals surface area contributed by atoms with Crippen LogP contribution in [0.15, 0.2) is 35.0 Å². The lowest BCUT2D eigenvalue weighted by atomic mass is 10.0. The molecule has 120 valence electrons. The van der Waals surface area contributed by atoms with Crippen molar-refractivity contribution in [1.29, 1.82) is 0 Å². The van der Waals surface area contributed by atoms with Gasteiger partial charge in [-0.3, -0.25) is 0 Å². The van der Waals surface area contributed by atoms with Gasteiger partial charge < -0.3 is 14.1 Å². The molecule has 0 bridgehead atoms. The van der Waals surface area contributed by atoms with Gasteiger partial charge in [0.15, 0.2) is 17.2 Å². The molecule has 0 radical (unpaired) electrons. The fourth-order valence-electron chi connectivity index (χ4n) is 2.81. The molecule has 0 fully saturated rings. The first-order valence-electron chi connectivity index (χ1n) is 7.59. The van der Waals surface area contributed by atoms with Crippen molar-refractivity contribution in [2.45, 2.75) is 26.3 Å². The Balaban J connectivity index is 1.99. The third-order valence-corrected chi connectivity index (χ3v) is 3.97. The summed E-state index contributed by atoms with van der Waals surface area (Å²) < 4.78 is 10.7. The summed E-state index contributed by atoms with van der Waals surface area (Å²) in [4.78, 5) is 15.1. The van der Waals surface area contributed by atoms with Crippen molar-refractivity contribution in [2.24, 2.45) is 0 Å². The van der Waals surface area contributed by atoms with Crippen LogP contribution in [0.25, 0.3) is 11.2 Å². The Morgan fingerprint density at radius 3 is 2.61 bits per heavy atom. The lowest BCUT2D eigenvalue weighted by Gasteiger charge is -2.28. The third-order valence-electron chi connectivity index (χ3n) is 3.97. The minimum Gasteiger partial charge on any atom is -0.497 e. The number of methoxy groups -OCH3 is 1. The number of anilines is 1. The minimum absolute atomic E-state index is 0.177. The van der Waals surface area contributed by atoms with Gasteiger partial charge in [0.2, 0.25) is 0 Å². The highest BCUT2D eigenvalue weighted by atomic mass is 16.5. The Morgan fingerprint density at radius 1 is 1.22 bits per heavy atom. The topological polar surface area (TPSA) is 64.3 Å². The van der Waals surface area contributed by atoms with Gasteiger partial charge in [-0.15, -0.1) is 0 Å². The largest absolute Gasteiger partial charge is 0.497 e. The fourth-order valence-corrected chi connectivity index (χ4v) is 2.81. The summed E-state index contributed by atoms with van der Waals surface area (Å²) >= 11 is 0. The van der Waals surface area contributed by atoms with E-state index in [4.69, 9.17) is 9.15 Å². The number of rotatable bonds is 5. The monoisotopic (exact) mass is 312 g/mol. The van der Waals surface area contributed by atoms with Crippen LogP contribution in [0.5, 0.6) is 5.75 Å². The predicted octanol–water partition coefficient (Wildman–Crippen LogP) is 3.52. The van der Waals surface area contributed by atoms with E-state index in [-0.39, 0.29) is 6.04 Å². The molecule has 0 aliphatic rings. The number of hydrogen-bond donors (Lipinski definition) is 0. The molecule has 0 N–H and O–H groups in total. The SMILES string of the molecule is CC[C@@H](c1ccc(OC)cc1)N(C)c1ncnc2oc(C)nc12. The number of fused-ring (bicyclic) bond motifs is 1. The van der Waals surface area contributed by atoms with Crippen LogP contribution in [0.4, 0.5) is 5.82 Å². The van der Waals surface area contributed by atoms with Crippen LogP contribution in [-0.4, -0.2) is 29.1 Å². The highest BCUT2D eigenvalue weighted by molar-refractivity contribution is 5.81. The van der Waals surface area contributed by atoms with Crippen molar-refractivity contribution in [1.82, 2.24) is 15.0 Å². The standard InChI is InChI=1S/C17H20N4O2/c1-5-14(12-6-8-13(22-4)9-7-12)21(3)16-15-17(19-10-18-16)23-11(2)20-15/h6-10,14H,5H2,1-4H3/t14-/m0/s1. The number of hydrogen-bond acceptors (Lipinski definition) is 6. The maximum atomic E-state index is 5.50. The number of benzene rings is 1. The minimum atomic E-state index is 0.177. The maximum absolute atomic E-state index is 5.50. The summed E-state index contributed by atoms with van der Waals surface area (Å²) in [6.45, 7) is 3.96. The van der Waals surface area contributed by atoms with E-state index in [0.717, 1.165) is 18.0 Å². The maximum Gasteiger partial charge on any atom is 0.252 e. The van der Waals surface area contributed by atoms with E-state index in [9.17, 15) is 0 Å². The zero-order valence-corrected chi connectivity index (χ0v) is 13.8. The van der Waals surface area contributed by atoms with Gasteiger partial charge in [0, 0.05) is 14.0 Å². The summed E-state index contributed by atoms with van der Waals surface area (Å²) in [6.07, 6.45) is 2.45. The molecule has 6 heteroatoms. The van der Waals surface area contributed by atoms with Crippen LogP contribution in [-0.2, 0) is 0 Å². The Hall–Kier alpha value is -2.63. The smallest absolute Gasteiger partial charge is 0.252 e. The summed E-state index contributed by atoms with van der Waals surface area (Å²) in [5.74, 6) is 2.21. The average molecular weight is 312 g/mol. The van der Waals surface area contributed by atoms with Crippen LogP contribution < -0.4 is 9.64 Å². The van der Waals surface area contributed by atoms with Gasteiger partial charge in [0.25, 0.3) is 5.71 Å². The molecule has 23 heavy (non-hydrogen) atoms. The first-order valence-corrected chi connectivity index (χ1v) is 7.59. The summed E-state index contributed by atoms with van der Waals surface area (Å²) in [5, 5.41) is 0. The molecule has 3 rings (SSSR count). The molecule has 1 aromatic carbocycles. The van der Waals surface area contributed by atoms with Crippen molar-refractivity contribution < 1.29 is 9.15 Å². The zero-order valence-electron chi connectivity index (χ0n) is 13.8. The van der Waals surface area contributed by atoms with Crippen molar-refractivity contribution in [2.75, 3.05) is 19.1 Å². The first-order chi connectivity index (χ1) is 11.1. The molecule has 6 nitrogen and oxygen atoms in total. The Bertz CT molecular complexity index is 798. The van der Waals surface area contributed by atoms with E-state index < -0.39 is 0 Å². The number of aromatic nitrogens is 3. The highest BCUT2D eigenvalue weighted by Gasteiger charge is 2.21. The van der Waals surface area contributed by atoms with Crippen LogP contribution >= 0.6 is 0 Å². The Morgan fingerprint density at radius 2 is 1.96 bits per heavy atom. The molecule has 0 spiro atoms. The second-order valence-electron chi connectivity index (χ2n) is 5.39. The molecule has 2 aromatic heterocycles. The molecule has 3 aromatic rings. The molecule has 0 saturated carbocycles. The first kappa shape index (κ1) is 15.3. The van der Waals surface area contributed by atoms with Gasteiger partial charge in [0.05, 0.1) is 13.2 Å². The second kappa shape index (κ2) is 6.24. The van der Waals surface area contributed by atoms with Gasteiger partial charge >= 0.3 is 0 Å². The van der Waals surface area contributed by atoms with Crippen molar-refractivity contribution >= 4 is 17.0 Å². The van der Waals surface area contributed by atoms with Crippen LogP contribution in [0.2, 0.25) is 0 Å². The fraction of sp³-hybridized carbons (Fsp3) is 0.353. The Kier molecular flexibility index (Phi) is 4.14. The number of aryl methyl sites for hydroxylation is 1. The van der Waals surface area contributed by atoms with Crippen molar-refractivity contribution in [3.8, 4) is 5.75 Å². The van der Waals surface area contributed by atoms with Gasteiger partial charge in [-0.25, -0.2) is 9.97 Å². The van der Waals surface area contributed by atoms with E-state index >= 15 is 0 Å². The summed E-state index contributed by atoms with van der Waals surface area (Å²) in [5.41, 5.74) is 2.41. The number of nitrogens with zero attached hydrogens (tertiary/aromatic N) is 4.